The van der Waals surface area contributed by atoms with Crippen molar-refractivity contribution in [1.82, 2.24) is 4.98 Å². The zero-order chi connectivity index (χ0) is 9.30. The summed E-state index contributed by atoms with van der Waals surface area (Å²) >= 11 is 5.51. The molecule has 0 aromatic carbocycles. The Morgan fingerprint density at radius 3 is 2.67 bits per heavy atom. The number of hydrogen-bond donors (Lipinski definition) is 1. The molecule has 1 rings (SSSR count). The van der Waals surface area contributed by atoms with Gasteiger partial charge in [-0.3, -0.25) is 0 Å². The van der Waals surface area contributed by atoms with E-state index in [9.17, 15) is 8.78 Å². The number of nitrogens with two attached hydrogens (primary N) is 1. The van der Waals surface area contributed by atoms with Gasteiger partial charge in [-0.15, -0.1) is 0 Å². The molecule has 0 radical (unpaired) electrons. The van der Waals surface area contributed by atoms with E-state index in [1.807, 2.05) is 0 Å². The fourth-order valence-electron chi connectivity index (χ4n) is 0.834. The van der Waals surface area contributed by atoms with Crippen molar-refractivity contribution >= 4 is 17.4 Å². The molecule has 0 aliphatic rings. The van der Waals surface area contributed by atoms with Crippen molar-refractivity contribution in [1.29, 1.82) is 0 Å². The molecule has 2 nitrogen and oxygen atoms in total. The number of rotatable bonds is 1. The lowest BCUT2D eigenvalue weighted by atomic mass is 10.2. The third-order valence-corrected chi connectivity index (χ3v) is 1.77. The molecule has 5 heteroatoms. The Labute approximate surface area is 73.4 Å². The van der Waals surface area contributed by atoms with Crippen LogP contribution in [0, 0.1) is 6.92 Å². The number of halogens is 3. The van der Waals surface area contributed by atoms with Crippen LogP contribution in [0.25, 0.3) is 0 Å². The van der Waals surface area contributed by atoms with Gasteiger partial charge in [0.1, 0.15) is 5.82 Å². The fourth-order valence-corrected chi connectivity index (χ4v) is 0.994. The number of nitrogen functional groups attached to an aromatic ring is 1. The summed E-state index contributed by atoms with van der Waals surface area (Å²) in [6.45, 7) is 1.47. The van der Waals surface area contributed by atoms with Crippen LogP contribution in [0.1, 0.15) is 17.7 Å². The van der Waals surface area contributed by atoms with Gasteiger partial charge in [-0.1, -0.05) is 11.6 Å². The third kappa shape index (κ3) is 1.64. The summed E-state index contributed by atoms with van der Waals surface area (Å²) in [4.78, 5) is 3.66. The molecule has 1 aromatic rings. The Morgan fingerprint density at radius 1 is 1.58 bits per heavy atom. The van der Waals surface area contributed by atoms with E-state index in [-0.39, 0.29) is 22.1 Å². The molecule has 0 bridgehead atoms. The number of aryl methyl sites for hydroxylation is 1. The van der Waals surface area contributed by atoms with E-state index in [2.05, 4.69) is 4.98 Å². The summed E-state index contributed by atoms with van der Waals surface area (Å²) < 4.78 is 24.4. The van der Waals surface area contributed by atoms with Crippen LogP contribution in [0.5, 0.6) is 0 Å². The topological polar surface area (TPSA) is 38.9 Å². The van der Waals surface area contributed by atoms with Gasteiger partial charge in [0.05, 0.1) is 5.02 Å². The number of aromatic nitrogens is 1. The molecule has 1 heterocycles. The first-order valence-corrected chi connectivity index (χ1v) is 3.61. The minimum Gasteiger partial charge on any atom is -0.382 e. The third-order valence-electron chi connectivity index (χ3n) is 1.47. The van der Waals surface area contributed by atoms with Gasteiger partial charge >= 0.3 is 0 Å². The van der Waals surface area contributed by atoms with Crippen LogP contribution >= 0.6 is 11.6 Å². The average molecular weight is 193 g/mol. The molecule has 0 fully saturated rings. The highest BCUT2D eigenvalue weighted by atomic mass is 35.5. The predicted octanol–water partition coefficient (Wildman–Crippen LogP) is 2.56. The van der Waals surface area contributed by atoms with E-state index >= 15 is 0 Å². The lowest BCUT2D eigenvalue weighted by Crippen LogP contribution is -1.98. The van der Waals surface area contributed by atoms with E-state index in [0.29, 0.717) is 0 Å². The maximum atomic E-state index is 12.2. The number of alkyl halides is 2. The van der Waals surface area contributed by atoms with E-state index in [1.165, 1.54) is 6.92 Å². The minimum atomic E-state index is -2.56. The quantitative estimate of drug-likeness (QED) is 0.743. The summed E-state index contributed by atoms with van der Waals surface area (Å²) in [6, 6.07) is 1.14. The molecule has 0 atom stereocenters. The molecule has 12 heavy (non-hydrogen) atoms. The normalized spacial score (nSPS) is 10.8. The number of pyridine rings is 1. The van der Waals surface area contributed by atoms with Crippen LogP contribution in [-0.2, 0) is 0 Å². The van der Waals surface area contributed by atoms with Crippen molar-refractivity contribution in [2.75, 3.05) is 5.73 Å². The Balaban J connectivity index is 3.23. The molecule has 0 unspecified atom stereocenters. The number of anilines is 1. The predicted molar refractivity (Wildman–Crippen MR) is 43.4 cm³/mol. The molecule has 0 amide bonds. The zero-order valence-electron chi connectivity index (χ0n) is 6.31. The fraction of sp³-hybridized carbons (Fsp3) is 0.286. The maximum absolute atomic E-state index is 12.2. The van der Waals surface area contributed by atoms with Crippen LogP contribution in [0.15, 0.2) is 6.07 Å². The summed E-state index contributed by atoms with van der Waals surface area (Å²) in [5.74, 6) is 0.0820. The molecule has 0 saturated carbocycles. The van der Waals surface area contributed by atoms with Crippen molar-refractivity contribution in [2.24, 2.45) is 0 Å². The van der Waals surface area contributed by atoms with E-state index in [0.717, 1.165) is 6.07 Å². The highest BCUT2D eigenvalue weighted by Crippen LogP contribution is 2.27. The molecule has 0 saturated heterocycles. The van der Waals surface area contributed by atoms with Crippen molar-refractivity contribution in [3.8, 4) is 0 Å². The van der Waals surface area contributed by atoms with Gasteiger partial charge in [-0.25, -0.2) is 13.8 Å². The second-order valence-corrected chi connectivity index (χ2v) is 2.74. The Morgan fingerprint density at radius 2 is 2.17 bits per heavy atom. The first-order chi connectivity index (χ1) is 5.52. The van der Waals surface area contributed by atoms with Crippen molar-refractivity contribution < 1.29 is 8.78 Å². The summed E-state index contributed by atoms with van der Waals surface area (Å²) in [7, 11) is 0. The highest BCUT2D eigenvalue weighted by molar-refractivity contribution is 6.32. The van der Waals surface area contributed by atoms with Gasteiger partial charge in [-0.2, -0.15) is 0 Å². The lowest BCUT2D eigenvalue weighted by molar-refractivity contribution is 0.150. The van der Waals surface area contributed by atoms with Crippen molar-refractivity contribution in [2.45, 2.75) is 13.3 Å². The largest absolute Gasteiger partial charge is 0.382 e. The van der Waals surface area contributed by atoms with Gasteiger partial charge in [0.2, 0.25) is 0 Å². The SMILES string of the molecule is Cc1nc(N)c(Cl)cc1C(F)F. The van der Waals surface area contributed by atoms with Gasteiger partial charge in [0, 0.05) is 11.3 Å². The van der Waals surface area contributed by atoms with Gasteiger partial charge in [0.15, 0.2) is 0 Å². The lowest BCUT2D eigenvalue weighted by Gasteiger charge is -2.05. The van der Waals surface area contributed by atoms with E-state index in [4.69, 9.17) is 17.3 Å². The number of hydrogen-bond acceptors (Lipinski definition) is 2. The molecule has 0 aliphatic carbocycles. The zero-order valence-corrected chi connectivity index (χ0v) is 7.07. The summed E-state index contributed by atoms with van der Waals surface area (Å²) in [5, 5.41) is 0.0656. The van der Waals surface area contributed by atoms with Crippen LogP contribution in [-0.4, -0.2) is 4.98 Å². The molecular formula is C7H7ClF2N2. The van der Waals surface area contributed by atoms with Crippen LogP contribution in [0.3, 0.4) is 0 Å². The second-order valence-electron chi connectivity index (χ2n) is 2.33. The molecule has 0 aliphatic heterocycles. The minimum absolute atomic E-state index is 0.0656. The van der Waals surface area contributed by atoms with Crippen LogP contribution in [0.4, 0.5) is 14.6 Å². The Kier molecular flexibility index (Phi) is 2.47. The summed E-state index contributed by atoms with van der Waals surface area (Å²) in [5.41, 5.74) is 5.34. The molecule has 66 valence electrons. The summed E-state index contributed by atoms with van der Waals surface area (Å²) in [6.07, 6.45) is -2.56. The second kappa shape index (κ2) is 3.23. The van der Waals surface area contributed by atoms with Crippen molar-refractivity contribution in [3.05, 3.63) is 22.3 Å². The molecular weight excluding hydrogens is 186 g/mol. The highest BCUT2D eigenvalue weighted by Gasteiger charge is 2.13. The first-order valence-electron chi connectivity index (χ1n) is 3.23. The monoisotopic (exact) mass is 192 g/mol. The molecule has 1 aromatic heterocycles. The Hall–Kier alpha value is -0.900. The maximum Gasteiger partial charge on any atom is 0.265 e. The van der Waals surface area contributed by atoms with Crippen LogP contribution in [0.2, 0.25) is 5.02 Å². The molecule has 2 N–H and O–H groups in total. The molecule has 0 spiro atoms. The van der Waals surface area contributed by atoms with Gasteiger partial charge in [-0.05, 0) is 13.0 Å². The van der Waals surface area contributed by atoms with Gasteiger partial charge in [0.25, 0.3) is 6.43 Å². The van der Waals surface area contributed by atoms with E-state index in [1.54, 1.807) is 0 Å². The van der Waals surface area contributed by atoms with Crippen LogP contribution < -0.4 is 5.73 Å². The first kappa shape index (κ1) is 9.19. The average Bonchev–Trinajstić information content (AvgIpc) is 1.96. The Bertz CT molecular complexity index is 302. The van der Waals surface area contributed by atoms with Gasteiger partial charge < -0.3 is 5.73 Å². The van der Waals surface area contributed by atoms with Crippen molar-refractivity contribution in [3.63, 3.8) is 0 Å². The smallest absolute Gasteiger partial charge is 0.265 e. The van der Waals surface area contributed by atoms with E-state index < -0.39 is 6.43 Å². The number of nitrogens with zero attached hydrogens (tertiary/aromatic N) is 1. The standard InChI is InChI=1S/C7H7ClF2N2/c1-3-4(6(9)10)2-5(8)7(11)12-3/h2,6H,1H3,(H2,11,12).